The van der Waals surface area contributed by atoms with Crippen LogP contribution in [0.15, 0.2) is 78.9 Å². The highest BCUT2D eigenvalue weighted by atomic mass is 35.5. The van der Waals surface area contributed by atoms with Crippen LogP contribution in [0.4, 0.5) is 4.39 Å². The number of fused-ring (bicyclic) bond motifs is 1. The zero-order chi connectivity index (χ0) is 31.1. The smallest absolute Gasteiger partial charge is 0.336 e. The van der Waals surface area contributed by atoms with E-state index in [1.165, 1.54) is 43.0 Å². The summed E-state index contributed by atoms with van der Waals surface area (Å²) in [5.41, 5.74) is 3.95. The maximum atomic E-state index is 14.3. The van der Waals surface area contributed by atoms with E-state index in [-0.39, 0.29) is 28.5 Å². The number of aromatic amines is 1. The molecule has 4 aromatic rings. The summed E-state index contributed by atoms with van der Waals surface area (Å²) in [6.45, 7) is 6.15. The number of benzene rings is 3. The number of rotatable bonds is 12. The molecule has 0 bridgehead atoms. The number of nitrogens with one attached hydrogen (secondary N) is 2. The van der Waals surface area contributed by atoms with E-state index < -0.39 is 17.7 Å². The summed E-state index contributed by atoms with van der Waals surface area (Å²) in [5.74, 6) is -1.26. The minimum absolute atomic E-state index is 0.0319. The second-order valence-electron chi connectivity index (χ2n) is 9.59. The maximum absolute atomic E-state index is 14.3. The lowest BCUT2D eigenvalue weighted by Gasteiger charge is -2.21. The van der Waals surface area contributed by atoms with Crippen LogP contribution in [0.3, 0.4) is 0 Å². The molecule has 1 amide bonds. The number of hydrogen-bond acceptors (Lipinski definition) is 5. The molecule has 1 aromatic heterocycles. The number of methoxy groups -OCH3 is 2. The normalized spacial score (nSPS) is 12.3. The van der Waals surface area contributed by atoms with Gasteiger partial charge in [0.15, 0.2) is 11.6 Å². The van der Waals surface area contributed by atoms with Gasteiger partial charge in [-0.05, 0) is 41.8 Å². The zero-order valence-electron chi connectivity index (χ0n) is 23.9. The van der Waals surface area contributed by atoms with Crippen LogP contribution < -0.4 is 14.8 Å². The number of carbonyl (C=O) groups is 2. The highest BCUT2D eigenvalue weighted by Gasteiger charge is 2.23. The third-order valence-corrected chi connectivity index (χ3v) is 7.05. The molecule has 0 fully saturated rings. The fourth-order valence-corrected chi connectivity index (χ4v) is 4.88. The van der Waals surface area contributed by atoms with Crippen LogP contribution >= 0.6 is 11.6 Å². The van der Waals surface area contributed by atoms with Crippen LogP contribution in [0.2, 0.25) is 0 Å². The first-order valence-corrected chi connectivity index (χ1v) is 13.9. The Balaban J connectivity index is 1.71. The van der Waals surface area contributed by atoms with E-state index in [0.717, 1.165) is 12.0 Å². The Morgan fingerprint density at radius 1 is 1.12 bits per heavy atom. The number of H-pyrrole nitrogens is 1. The van der Waals surface area contributed by atoms with E-state index in [2.05, 4.69) is 21.9 Å². The number of nitrogens with zero attached hydrogens (tertiary/aromatic N) is 1. The zero-order valence-corrected chi connectivity index (χ0v) is 24.7. The Morgan fingerprint density at radius 3 is 2.53 bits per heavy atom. The summed E-state index contributed by atoms with van der Waals surface area (Å²) in [7, 11) is 2.93. The van der Waals surface area contributed by atoms with Gasteiger partial charge in [0.05, 0.1) is 36.9 Å². The molecule has 0 aliphatic heterocycles. The molecule has 0 radical (unpaired) electrons. The predicted octanol–water partition coefficient (Wildman–Crippen LogP) is 7.54. The molecule has 0 saturated carbocycles. The average Bonchev–Trinajstić information content (AvgIpc) is 3.42. The van der Waals surface area contributed by atoms with Gasteiger partial charge in [-0.3, -0.25) is 4.79 Å². The minimum atomic E-state index is -1.25. The lowest BCUT2D eigenvalue weighted by molar-refractivity contribution is 0.0696. The Morgan fingerprint density at radius 2 is 1.86 bits per heavy atom. The number of ether oxygens (including phenoxy) is 2. The number of halogens is 2. The summed E-state index contributed by atoms with van der Waals surface area (Å²) >= 11 is 5.79. The van der Waals surface area contributed by atoms with Gasteiger partial charge in [0.1, 0.15) is 11.6 Å². The van der Waals surface area contributed by atoms with Crippen LogP contribution in [0, 0.1) is 5.82 Å². The van der Waals surface area contributed by atoms with Crippen molar-refractivity contribution in [2.75, 3.05) is 14.2 Å². The van der Waals surface area contributed by atoms with Gasteiger partial charge in [-0.15, -0.1) is 0 Å². The van der Waals surface area contributed by atoms with E-state index in [1.807, 2.05) is 31.2 Å². The standard InChI is InChI=1S/C33H31ClFN3O5/c1-5-9-26(23-10-6-7-12-29(23)42-3)38-32(39)20-13-14-21(24(16-20)33(40)41)19(2)22(11-8-15-34)31-36-27-17-25(35)30(43-4)18-28(27)37-31/h6-8,10-18,26H,2,5,9H2,1,3-4H3,(H,36,37)(H,38,39)(H,40,41)/b15-8-,22-11+. The molecular formula is C33H31ClFN3O5. The van der Waals surface area contributed by atoms with E-state index in [0.29, 0.717) is 40.2 Å². The van der Waals surface area contributed by atoms with E-state index in [9.17, 15) is 19.1 Å². The first kappa shape index (κ1) is 31.1. The molecule has 0 saturated heterocycles. The number of carbonyl (C=O) groups excluding carboxylic acids is 1. The van der Waals surface area contributed by atoms with Crippen molar-refractivity contribution in [3.63, 3.8) is 0 Å². The van der Waals surface area contributed by atoms with Crippen molar-refractivity contribution < 1.29 is 28.6 Å². The second-order valence-corrected chi connectivity index (χ2v) is 9.84. The molecular weight excluding hydrogens is 573 g/mol. The second kappa shape index (κ2) is 13.8. The SMILES string of the molecule is C=C(/C(=C\C=C/Cl)c1nc2cc(OC)c(F)cc2[nH]1)c1ccc(C(=O)NC(CCC)c2ccccc2OC)cc1C(=O)O. The van der Waals surface area contributed by atoms with Gasteiger partial charge in [0.2, 0.25) is 0 Å². The van der Waals surface area contributed by atoms with Gasteiger partial charge >= 0.3 is 5.97 Å². The van der Waals surface area contributed by atoms with Gasteiger partial charge in [-0.1, -0.05) is 61.9 Å². The monoisotopic (exact) mass is 603 g/mol. The quantitative estimate of drug-likeness (QED) is 0.144. The van der Waals surface area contributed by atoms with E-state index in [1.54, 1.807) is 19.3 Å². The Hall–Kier alpha value is -4.89. The minimum Gasteiger partial charge on any atom is -0.496 e. The molecule has 43 heavy (non-hydrogen) atoms. The number of imidazole rings is 1. The molecule has 0 aliphatic rings. The van der Waals surface area contributed by atoms with Crippen LogP contribution in [-0.2, 0) is 0 Å². The fraction of sp³-hybridized carbons (Fsp3) is 0.182. The number of amides is 1. The topological polar surface area (TPSA) is 114 Å². The van der Waals surface area contributed by atoms with Crippen molar-refractivity contribution in [3.8, 4) is 11.5 Å². The lowest BCUT2D eigenvalue weighted by Crippen LogP contribution is -2.29. The Bertz CT molecular complexity index is 1740. The summed E-state index contributed by atoms with van der Waals surface area (Å²) in [6, 6.07) is 14.2. The number of allylic oxidation sites excluding steroid dienone is 4. The Labute approximate surface area is 253 Å². The third kappa shape index (κ3) is 6.79. The van der Waals surface area contributed by atoms with Crippen LogP contribution in [0.25, 0.3) is 22.2 Å². The van der Waals surface area contributed by atoms with Gasteiger partial charge in [0, 0.05) is 34.4 Å². The number of para-hydroxylation sites is 1. The molecule has 4 rings (SSSR count). The Kier molecular flexibility index (Phi) is 10.0. The van der Waals surface area contributed by atoms with E-state index >= 15 is 0 Å². The number of carboxylic acid groups (broad SMARTS) is 1. The number of carboxylic acids is 1. The molecule has 1 unspecified atom stereocenters. The van der Waals surface area contributed by atoms with Gasteiger partial charge in [-0.2, -0.15) is 0 Å². The van der Waals surface area contributed by atoms with Crippen molar-refractivity contribution in [1.82, 2.24) is 15.3 Å². The van der Waals surface area contributed by atoms with Crippen molar-refractivity contribution in [1.29, 1.82) is 0 Å². The molecule has 3 N–H and O–H groups in total. The molecule has 1 atom stereocenters. The van der Waals surface area contributed by atoms with Crippen LogP contribution in [0.1, 0.15) is 63.5 Å². The van der Waals surface area contributed by atoms with Gasteiger partial charge in [0.25, 0.3) is 5.91 Å². The van der Waals surface area contributed by atoms with Gasteiger partial charge in [-0.25, -0.2) is 14.2 Å². The molecule has 0 aliphatic carbocycles. The summed E-state index contributed by atoms with van der Waals surface area (Å²) in [4.78, 5) is 33.4. The van der Waals surface area contributed by atoms with Crippen LogP contribution in [-0.4, -0.2) is 41.2 Å². The number of aromatic nitrogens is 2. The largest absolute Gasteiger partial charge is 0.496 e. The van der Waals surface area contributed by atoms with E-state index in [4.69, 9.17) is 21.1 Å². The summed E-state index contributed by atoms with van der Waals surface area (Å²) < 4.78 is 24.9. The first-order chi connectivity index (χ1) is 20.7. The fourth-order valence-electron chi connectivity index (χ4n) is 4.81. The predicted molar refractivity (Wildman–Crippen MR) is 166 cm³/mol. The number of hydrogen-bond donors (Lipinski definition) is 3. The van der Waals surface area contributed by atoms with Crippen molar-refractivity contribution in [3.05, 3.63) is 113 Å². The summed E-state index contributed by atoms with van der Waals surface area (Å²) in [5, 5.41) is 13.2. The lowest BCUT2D eigenvalue weighted by atomic mass is 9.92. The molecule has 222 valence electrons. The van der Waals surface area contributed by atoms with Gasteiger partial charge < -0.3 is 24.9 Å². The molecule has 10 heteroatoms. The average molecular weight is 604 g/mol. The van der Waals surface area contributed by atoms with Crippen molar-refractivity contribution >= 4 is 45.7 Å². The molecule has 0 spiro atoms. The number of aromatic carboxylic acids is 1. The van der Waals surface area contributed by atoms with Crippen molar-refractivity contribution in [2.45, 2.75) is 25.8 Å². The molecule has 8 nitrogen and oxygen atoms in total. The molecule has 3 aromatic carbocycles. The highest BCUT2D eigenvalue weighted by molar-refractivity contribution is 6.25. The third-order valence-electron chi connectivity index (χ3n) is 6.91. The summed E-state index contributed by atoms with van der Waals surface area (Å²) in [6.07, 6.45) is 4.59. The van der Waals surface area contributed by atoms with Crippen molar-refractivity contribution in [2.24, 2.45) is 0 Å². The first-order valence-electron chi connectivity index (χ1n) is 13.4. The highest BCUT2D eigenvalue weighted by Crippen LogP contribution is 2.34. The maximum Gasteiger partial charge on any atom is 0.336 e. The molecule has 1 heterocycles. The van der Waals surface area contributed by atoms with Crippen LogP contribution in [0.5, 0.6) is 11.5 Å².